The molecule has 0 saturated carbocycles. The van der Waals surface area contributed by atoms with E-state index in [1.165, 1.54) is 30.7 Å². The van der Waals surface area contributed by atoms with Gasteiger partial charge in [0.15, 0.2) is 6.61 Å². The highest BCUT2D eigenvalue weighted by molar-refractivity contribution is 5.95. The first kappa shape index (κ1) is 22.1. The Morgan fingerprint density at radius 1 is 1.10 bits per heavy atom. The number of carbonyl (C=O) groups is 2. The molecule has 0 bridgehead atoms. The van der Waals surface area contributed by atoms with E-state index in [4.69, 9.17) is 4.74 Å². The van der Waals surface area contributed by atoms with E-state index in [1.807, 2.05) is 31.2 Å². The third kappa shape index (κ3) is 6.14. The van der Waals surface area contributed by atoms with Crippen LogP contribution in [0.1, 0.15) is 53.9 Å². The molecule has 0 aliphatic rings. The molecule has 7 heteroatoms. The van der Waals surface area contributed by atoms with E-state index in [0.29, 0.717) is 11.5 Å². The molecule has 0 aliphatic heterocycles. The number of nitro groups is 1. The van der Waals surface area contributed by atoms with Crippen LogP contribution < -0.4 is 5.32 Å². The Morgan fingerprint density at radius 2 is 1.76 bits per heavy atom. The van der Waals surface area contributed by atoms with E-state index in [2.05, 4.69) is 19.2 Å². The van der Waals surface area contributed by atoms with Crippen molar-refractivity contribution in [2.45, 2.75) is 40.2 Å². The molecule has 29 heavy (non-hydrogen) atoms. The fraction of sp³-hybridized carbons (Fsp3) is 0.364. The van der Waals surface area contributed by atoms with E-state index in [0.717, 1.165) is 12.0 Å². The van der Waals surface area contributed by atoms with Crippen LogP contribution in [0.2, 0.25) is 0 Å². The van der Waals surface area contributed by atoms with Crippen LogP contribution in [0.5, 0.6) is 0 Å². The van der Waals surface area contributed by atoms with Crippen LogP contribution in [-0.4, -0.2) is 23.4 Å². The molecule has 2 aromatic rings. The van der Waals surface area contributed by atoms with Gasteiger partial charge in [0, 0.05) is 5.56 Å². The number of benzene rings is 2. The zero-order chi connectivity index (χ0) is 21.6. The summed E-state index contributed by atoms with van der Waals surface area (Å²) in [5, 5.41) is 14.0. The predicted octanol–water partition coefficient (Wildman–Crippen LogP) is 4.14. The lowest BCUT2D eigenvalue weighted by atomic mass is 10.00. The number of carbonyl (C=O) groups excluding carboxylic acids is 2. The first-order chi connectivity index (χ1) is 13.7. The average Bonchev–Trinajstić information content (AvgIpc) is 2.65. The molecule has 7 nitrogen and oxygen atoms in total. The minimum Gasteiger partial charge on any atom is -0.452 e. The molecular formula is C22H26N2O5. The summed E-state index contributed by atoms with van der Waals surface area (Å²) in [6.45, 7) is 7.17. The van der Waals surface area contributed by atoms with Gasteiger partial charge in [-0.25, -0.2) is 4.79 Å². The Hall–Kier alpha value is -3.22. The van der Waals surface area contributed by atoms with Crippen molar-refractivity contribution in [1.29, 1.82) is 0 Å². The van der Waals surface area contributed by atoms with Crippen molar-refractivity contribution >= 4 is 17.6 Å². The predicted molar refractivity (Wildman–Crippen MR) is 110 cm³/mol. The summed E-state index contributed by atoms with van der Waals surface area (Å²) in [6, 6.07) is 12.1. The zero-order valence-corrected chi connectivity index (χ0v) is 17.1. The quantitative estimate of drug-likeness (QED) is 0.409. The molecule has 0 aromatic heterocycles. The number of ether oxygens (including phenoxy) is 1. The Bertz CT molecular complexity index is 891. The van der Waals surface area contributed by atoms with Crippen LogP contribution in [0, 0.1) is 23.0 Å². The fourth-order valence-corrected chi connectivity index (χ4v) is 3.06. The highest BCUT2D eigenvalue weighted by Gasteiger charge is 2.24. The van der Waals surface area contributed by atoms with Gasteiger partial charge in [0.25, 0.3) is 11.6 Å². The van der Waals surface area contributed by atoms with Crippen molar-refractivity contribution in [2.24, 2.45) is 5.92 Å². The molecule has 0 spiro atoms. The number of para-hydroxylation sites is 1. The summed E-state index contributed by atoms with van der Waals surface area (Å²) in [4.78, 5) is 34.9. The van der Waals surface area contributed by atoms with Gasteiger partial charge in [-0.3, -0.25) is 14.9 Å². The number of esters is 1. The van der Waals surface area contributed by atoms with E-state index in [-0.39, 0.29) is 17.3 Å². The number of amides is 1. The van der Waals surface area contributed by atoms with Crippen LogP contribution in [0.4, 0.5) is 5.69 Å². The topological polar surface area (TPSA) is 98.5 Å². The van der Waals surface area contributed by atoms with Gasteiger partial charge < -0.3 is 10.1 Å². The molecule has 0 fully saturated rings. The van der Waals surface area contributed by atoms with Gasteiger partial charge in [-0.1, -0.05) is 50.2 Å². The maximum atomic E-state index is 12.2. The first-order valence-electron chi connectivity index (χ1n) is 9.48. The highest BCUT2D eigenvalue weighted by atomic mass is 16.6. The lowest BCUT2D eigenvalue weighted by Gasteiger charge is -2.15. The zero-order valence-electron chi connectivity index (χ0n) is 17.1. The standard InChI is InChI=1S/C22H26N2O5/c1-14(2)12-17-8-10-18(11-9-17)16(4)23-20(25)13-29-22(26)19-7-5-6-15(3)21(19)24(27)28/h5-11,14,16H,12-13H2,1-4H3,(H,23,25)/t16-/m1/s1. The summed E-state index contributed by atoms with van der Waals surface area (Å²) < 4.78 is 4.98. The van der Waals surface area contributed by atoms with Crippen LogP contribution in [-0.2, 0) is 16.0 Å². The van der Waals surface area contributed by atoms with Crippen molar-refractivity contribution < 1.29 is 19.2 Å². The second-order valence-electron chi connectivity index (χ2n) is 7.43. The molecule has 1 N–H and O–H groups in total. The molecule has 0 saturated heterocycles. The van der Waals surface area contributed by atoms with Crippen LogP contribution in [0.3, 0.4) is 0 Å². The van der Waals surface area contributed by atoms with Crippen molar-refractivity contribution in [1.82, 2.24) is 5.32 Å². The van der Waals surface area contributed by atoms with Gasteiger partial charge in [-0.05, 0) is 43.4 Å². The third-order valence-electron chi connectivity index (χ3n) is 4.48. The number of nitrogens with zero attached hydrogens (tertiary/aromatic N) is 1. The molecule has 2 rings (SSSR count). The van der Waals surface area contributed by atoms with Crippen LogP contribution in [0.15, 0.2) is 42.5 Å². The molecule has 2 aromatic carbocycles. The minimum absolute atomic E-state index is 0.170. The maximum absolute atomic E-state index is 12.2. The Labute approximate surface area is 170 Å². The first-order valence-corrected chi connectivity index (χ1v) is 9.48. The second kappa shape index (κ2) is 9.82. The summed E-state index contributed by atoms with van der Waals surface area (Å²) >= 11 is 0. The van der Waals surface area contributed by atoms with E-state index in [9.17, 15) is 19.7 Å². The molecule has 0 unspecified atom stereocenters. The third-order valence-corrected chi connectivity index (χ3v) is 4.48. The van der Waals surface area contributed by atoms with Gasteiger partial charge in [0.2, 0.25) is 0 Å². The Kier molecular flexibility index (Phi) is 7.47. The van der Waals surface area contributed by atoms with Gasteiger partial charge in [0.1, 0.15) is 5.56 Å². The molecular weight excluding hydrogens is 372 g/mol. The largest absolute Gasteiger partial charge is 0.452 e. The monoisotopic (exact) mass is 398 g/mol. The number of hydrogen-bond acceptors (Lipinski definition) is 5. The van der Waals surface area contributed by atoms with Gasteiger partial charge >= 0.3 is 5.97 Å². The smallest absolute Gasteiger partial charge is 0.345 e. The highest BCUT2D eigenvalue weighted by Crippen LogP contribution is 2.23. The lowest BCUT2D eigenvalue weighted by molar-refractivity contribution is -0.385. The van der Waals surface area contributed by atoms with Crippen LogP contribution >= 0.6 is 0 Å². The average molecular weight is 398 g/mol. The maximum Gasteiger partial charge on any atom is 0.345 e. The number of rotatable bonds is 8. The van der Waals surface area contributed by atoms with E-state index in [1.54, 1.807) is 0 Å². The fourth-order valence-electron chi connectivity index (χ4n) is 3.06. The summed E-state index contributed by atoms with van der Waals surface area (Å²) in [7, 11) is 0. The Balaban J connectivity index is 1.93. The van der Waals surface area contributed by atoms with Gasteiger partial charge in [0.05, 0.1) is 11.0 Å². The molecule has 0 heterocycles. The van der Waals surface area contributed by atoms with Crippen LogP contribution in [0.25, 0.3) is 0 Å². The molecule has 0 radical (unpaired) electrons. The molecule has 1 atom stereocenters. The van der Waals surface area contributed by atoms with Crippen molar-refractivity contribution in [3.8, 4) is 0 Å². The van der Waals surface area contributed by atoms with E-state index >= 15 is 0 Å². The lowest BCUT2D eigenvalue weighted by Crippen LogP contribution is -2.31. The second-order valence-corrected chi connectivity index (χ2v) is 7.43. The number of nitrogens with one attached hydrogen (secondary N) is 1. The van der Waals surface area contributed by atoms with Crippen molar-refractivity contribution in [3.63, 3.8) is 0 Å². The van der Waals surface area contributed by atoms with Gasteiger partial charge in [-0.15, -0.1) is 0 Å². The number of nitro benzene ring substituents is 1. The summed E-state index contributed by atoms with van der Waals surface area (Å²) in [6.07, 6.45) is 0.988. The van der Waals surface area contributed by atoms with Crippen molar-refractivity contribution in [2.75, 3.05) is 6.61 Å². The molecule has 0 aliphatic carbocycles. The Morgan fingerprint density at radius 3 is 2.34 bits per heavy atom. The minimum atomic E-state index is -0.902. The summed E-state index contributed by atoms with van der Waals surface area (Å²) in [5.41, 5.74) is 2.04. The number of aryl methyl sites for hydroxylation is 1. The summed E-state index contributed by atoms with van der Waals surface area (Å²) in [5.74, 6) is -0.814. The van der Waals surface area contributed by atoms with Gasteiger partial charge in [-0.2, -0.15) is 0 Å². The van der Waals surface area contributed by atoms with Crippen molar-refractivity contribution in [3.05, 3.63) is 74.8 Å². The normalized spacial score (nSPS) is 11.8. The molecule has 1 amide bonds. The van der Waals surface area contributed by atoms with E-state index < -0.39 is 23.4 Å². The number of hydrogen-bond donors (Lipinski definition) is 1. The SMILES string of the molecule is Cc1cccc(C(=O)OCC(=O)N[C@H](C)c2ccc(CC(C)C)cc2)c1[N+](=O)[O-]. The molecule has 154 valence electrons.